The van der Waals surface area contributed by atoms with E-state index in [1.807, 2.05) is 7.05 Å². The van der Waals surface area contributed by atoms with Gasteiger partial charge in [0, 0.05) is 40.0 Å². The van der Waals surface area contributed by atoms with E-state index in [4.69, 9.17) is 0 Å². The molecule has 0 spiro atoms. The summed E-state index contributed by atoms with van der Waals surface area (Å²) < 4.78 is 52.0. The van der Waals surface area contributed by atoms with Crippen molar-refractivity contribution in [2.75, 3.05) is 13.6 Å². The molecule has 8 atom stereocenters. The van der Waals surface area contributed by atoms with Crippen LogP contribution in [0.15, 0.2) is 48.5 Å². The molecule has 2 aromatic carbocycles. The van der Waals surface area contributed by atoms with Crippen molar-refractivity contribution in [3.05, 3.63) is 70.8 Å². The third kappa shape index (κ3) is 13.4. The highest BCUT2D eigenvalue weighted by Gasteiger charge is 2.45. The highest BCUT2D eigenvalue weighted by atomic mass is 19.3. The Kier molecular flexibility index (Phi) is 16.5. The van der Waals surface area contributed by atoms with E-state index in [-0.39, 0.29) is 28.7 Å². The molecular formula is C44H45F4N3O7. The minimum atomic E-state index is -3.21. The van der Waals surface area contributed by atoms with Crippen LogP contribution in [0.4, 0.5) is 17.6 Å². The summed E-state index contributed by atoms with van der Waals surface area (Å²) in [7, 11) is 1.91. The fourth-order valence-corrected chi connectivity index (χ4v) is 5.59. The van der Waals surface area contributed by atoms with Crippen molar-refractivity contribution >= 4 is 29.2 Å². The third-order valence-corrected chi connectivity index (χ3v) is 9.47. The van der Waals surface area contributed by atoms with Crippen LogP contribution in [0, 0.1) is 71.0 Å². The zero-order valence-electron chi connectivity index (χ0n) is 32.8. The number of hydrogen-bond acceptors (Lipinski definition) is 8. The number of alkyl halides is 4. The van der Waals surface area contributed by atoms with Crippen molar-refractivity contribution in [2.24, 2.45) is 23.7 Å². The lowest BCUT2D eigenvalue weighted by atomic mass is 9.93. The third-order valence-electron chi connectivity index (χ3n) is 9.47. The van der Waals surface area contributed by atoms with Crippen LogP contribution in [0.25, 0.3) is 0 Å². The van der Waals surface area contributed by atoms with Crippen LogP contribution in [0.1, 0.15) is 79.3 Å². The fourth-order valence-electron chi connectivity index (χ4n) is 5.59. The smallest absolute Gasteiger partial charge is 0.269 e. The molecule has 10 nitrogen and oxygen atoms in total. The molecule has 2 aliphatic rings. The maximum Gasteiger partial charge on any atom is 0.269 e. The summed E-state index contributed by atoms with van der Waals surface area (Å²) in [4.78, 5) is 58.9. The molecule has 0 saturated heterocycles. The first-order valence-corrected chi connectivity index (χ1v) is 18.2. The number of hydrogen-bond donors (Lipinski definition) is 5. The van der Waals surface area contributed by atoms with Crippen molar-refractivity contribution < 1.29 is 51.7 Å². The molecule has 306 valence electrons. The number of amides is 2. The lowest BCUT2D eigenvalue weighted by Gasteiger charge is -2.30. The van der Waals surface area contributed by atoms with Gasteiger partial charge < -0.3 is 26.2 Å². The summed E-state index contributed by atoms with van der Waals surface area (Å²) in [5.74, 6) is 20.8. The van der Waals surface area contributed by atoms with Gasteiger partial charge in [0.2, 0.25) is 0 Å². The number of rotatable bonds is 13. The maximum absolute atomic E-state index is 13.0. The van der Waals surface area contributed by atoms with E-state index >= 15 is 0 Å². The predicted molar refractivity (Wildman–Crippen MR) is 207 cm³/mol. The number of halogens is 4. The van der Waals surface area contributed by atoms with Crippen LogP contribution >= 0.6 is 0 Å². The maximum atomic E-state index is 13.0. The number of ketones is 3. The summed E-state index contributed by atoms with van der Waals surface area (Å²) in [6.07, 6.45) is -4.55. The van der Waals surface area contributed by atoms with Gasteiger partial charge in [-0.1, -0.05) is 23.7 Å². The zero-order valence-corrected chi connectivity index (χ0v) is 32.8. The minimum Gasteiger partial charge on any atom is -0.382 e. The van der Waals surface area contributed by atoms with Gasteiger partial charge in [-0.3, -0.25) is 24.0 Å². The molecular weight excluding hydrogens is 758 g/mol. The first-order chi connectivity index (χ1) is 27.2. The second-order valence-electron chi connectivity index (χ2n) is 14.5. The first-order valence-electron chi connectivity index (χ1n) is 18.2. The van der Waals surface area contributed by atoms with Crippen LogP contribution in [0.3, 0.4) is 0 Å². The molecule has 2 amide bonds. The van der Waals surface area contributed by atoms with Crippen LogP contribution in [0.5, 0.6) is 0 Å². The highest BCUT2D eigenvalue weighted by Crippen LogP contribution is 2.38. The van der Waals surface area contributed by atoms with Gasteiger partial charge in [0.25, 0.3) is 24.7 Å². The Bertz CT molecular complexity index is 2110. The standard InChI is InChI=1S/C22H24F2N2O3.C22H21F2NO4/c1-14(27)19(22(2,29)21(23)24)26-20(28)16-10-8-15(9-11-16)6-4-5-7-17-12-18(17)13-25-3;1-13(26)18-12-17(18)7-5-4-6-15-8-10-16(11-9-15)20(28)25-19(14(2)27)22(3,29)21(23)24/h8-11,17-19,21,25,29H,12-13H2,1-3H3,(H,26,28);8-11,17-19,21,29H,12H2,1-3H3,(H,25,28)/t2*17?,18?,19-,22+/m11/s1. The highest BCUT2D eigenvalue weighted by molar-refractivity contribution is 5.99. The Labute approximate surface area is 335 Å². The van der Waals surface area contributed by atoms with Crippen molar-refractivity contribution in [1.82, 2.24) is 16.0 Å². The normalized spacial score (nSPS) is 20.3. The predicted octanol–water partition coefficient (Wildman–Crippen LogP) is 3.57. The van der Waals surface area contributed by atoms with Gasteiger partial charge in [-0.25, -0.2) is 17.6 Å². The summed E-state index contributed by atoms with van der Waals surface area (Å²) in [6, 6.07) is 8.60. The van der Waals surface area contributed by atoms with Crippen LogP contribution in [-0.4, -0.2) is 89.1 Å². The van der Waals surface area contributed by atoms with E-state index in [2.05, 4.69) is 63.3 Å². The van der Waals surface area contributed by atoms with Gasteiger partial charge in [0.1, 0.15) is 29.1 Å². The topological polar surface area (TPSA) is 162 Å². The molecule has 58 heavy (non-hydrogen) atoms. The molecule has 0 radical (unpaired) electrons. The second-order valence-corrected chi connectivity index (χ2v) is 14.5. The molecule has 5 N–H and O–H groups in total. The lowest BCUT2D eigenvalue weighted by molar-refractivity contribution is -0.139. The average molecular weight is 804 g/mol. The number of Topliss-reactive ketones (excluding diaryl/α,β-unsaturated/α-hetero) is 3. The number of carbonyl (C=O) groups excluding carboxylic acids is 5. The number of aliphatic hydroxyl groups is 2. The van der Waals surface area contributed by atoms with Gasteiger partial charge >= 0.3 is 0 Å². The molecule has 2 aliphatic carbocycles. The quantitative estimate of drug-likeness (QED) is 0.152. The first kappa shape index (κ1) is 46.6. The molecule has 0 aromatic heterocycles. The minimum absolute atomic E-state index is 0.0202. The van der Waals surface area contributed by atoms with Crippen molar-refractivity contribution in [3.63, 3.8) is 0 Å². The van der Waals surface area contributed by atoms with Gasteiger partial charge in [0.05, 0.1) is 0 Å². The molecule has 0 aliphatic heterocycles. The van der Waals surface area contributed by atoms with E-state index in [9.17, 15) is 51.7 Å². The lowest BCUT2D eigenvalue weighted by Crippen LogP contribution is -2.58. The van der Waals surface area contributed by atoms with E-state index in [0.29, 0.717) is 23.0 Å². The molecule has 2 saturated carbocycles. The molecule has 2 fully saturated rings. The van der Waals surface area contributed by atoms with E-state index < -0.39 is 59.5 Å². The largest absolute Gasteiger partial charge is 0.382 e. The Morgan fingerprint density at radius 3 is 1.40 bits per heavy atom. The molecule has 0 heterocycles. The summed E-state index contributed by atoms with van der Waals surface area (Å²) in [5.41, 5.74) is -3.85. The SMILES string of the molecule is CC(=O)C1CC1C#CC#Cc1ccc(C(=O)N[C@H](C(C)=O)[C@](C)(O)C(F)F)cc1.CNCC1CC1C#CC#Cc1ccc(C(=O)N[C@H](C(C)=O)[C@](C)(O)C(F)F)cc1. The van der Waals surface area contributed by atoms with Gasteiger partial charge in [0.15, 0.2) is 11.6 Å². The number of nitrogens with one attached hydrogen (secondary N) is 3. The van der Waals surface area contributed by atoms with E-state index in [0.717, 1.165) is 47.1 Å². The molecule has 0 bridgehead atoms. The van der Waals surface area contributed by atoms with Crippen molar-refractivity contribution in [2.45, 2.75) is 83.6 Å². The Hall–Kier alpha value is -5.77. The van der Waals surface area contributed by atoms with Gasteiger partial charge in [-0.2, -0.15) is 0 Å². The van der Waals surface area contributed by atoms with Crippen molar-refractivity contribution in [3.8, 4) is 47.4 Å². The fraction of sp³-hybridized carbons (Fsp3) is 0.432. The second kappa shape index (κ2) is 20.6. The van der Waals surface area contributed by atoms with Crippen LogP contribution in [-0.2, 0) is 14.4 Å². The molecule has 14 heteroatoms. The van der Waals surface area contributed by atoms with E-state index in [1.54, 1.807) is 31.2 Å². The van der Waals surface area contributed by atoms with Crippen molar-refractivity contribution in [1.29, 1.82) is 0 Å². The molecule has 4 unspecified atom stereocenters. The average Bonchev–Trinajstić information content (AvgIpc) is 4.10. The Morgan fingerprint density at radius 2 is 1.07 bits per heavy atom. The molecule has 2 aromatic rings. The summed E-state index contributed by atoms with van der Waals surface area (Å²) >= 11 is 0. The van der Waals surface area contributed by atoms with Gasteiger partial charge in [-0.05, 0) is 139 Å². The number of benzene rings is 2. The molecule has 4 rings (SSSR count). The van der Waals surface area contributed by atoms with Gasteiger partial charge in [-0.15, -0.1) is 0 Å². The number of carbonyl (C=O) groups is 5. The van der Waals surface area contributed by atoms with E-state index in [1.165, 1.54) is 24.3 Å². The Balaban J connectivity index is 0.000000310. The monoisotopic (exact) mass is 803 g/mol. The summed E-state index contributed by atoms with van der Waals surface area (Å²) in [6.45, 7) is 6.15. The zero-order chi connectivity index (χ0) is 43.4. The van der Waals surface area contributed by atoms with Crippen LogP contribution < -0.4 is 16.0 Å². The van der Waals surface area contributed by atoms with Crippen LogP contribution in [0.2, 0.25) is 0 Å². The summed E-state index contributed by atoms with van der Waals surface area (Å²) in [5, 5.41) is 27.1. The Morgan fingerprint density at radius 1 is 0.672 bits per heavy atom.